The standard InChI is InChI=1S/C68H80N5S.2ClH/c1-13-70-55-29-21-17-25-51(55)65(5,6)59(70)41-37-47-33-34-48(38-42-60-66(7,8)52-26-18-22-30-56(52)71(60)14-2)63(47)69-45-46-74-64-49(39-43-61-67(9,10)53-27-19-23-31-57(53)72(61)15-3)35-36-50(64)40-44-62-68(11,12)54-28-20-24-32-58(54)73(62)16-4;;/h17-32,37-44H,13-16,33-36,45-46H2,1-12H3;2*1H/q+1;;/p-1/b47-37+,59-41+;;. The molecule has 1 N–H and O–H groups in total. The van der Waals surface area contributed by atoms with Crippen molar-refractivity contribution in [2.24, 2.45) is 0 Å². The number of nitrogens with zero attached hydrogens (tertiary/aromatic N) is 4. The van der Waals surface area contributed by atoms with Crippen molar-refractivity contribution in [3.63, 3.8) is 0 Å². The maximum Gasteiger partial charge on any atom is 0.209 e. The molecule has 8 heteroatoms. The summed E-state index contributed by atoms with van der Waals surface area (Å²) in [5.41, 5.74) is 23.1. The van der Waals surface area contributed by atoms with Crippen LogP contribution in [-0.4, -0.2) is 59.1 Å². The van der Waals surface area contributed by atoms with Gasteiger partial charge in [-0.2, -0.15) is 9.15 Å². The van der Waals surface area contributed by atoms with Crippen molar-refractivity contribution in [1.29, 1.82) is 0 Å². The summed E-state index contributed by atoms with van der Waals surface area (Å²) in [4.78, 5) is 6.49. The van der Waals surface area contributed by atoms with Gasteiger partial charge < -0.3 is 39.9 Å². The molecule has 0 aromatic heterocycles. The van der Waals surface area contributed by atoms with Crippen molar-refractivity contribution in [3.05, 3.63) is 212 Å². The second-order valence-electron chi connectivity index (χ2n) is 23.0. The number of benzene rings is 4. The van der Waals surface area contributed by atoms with Crippen molar-refractivity contribution in [1.82, 2.24) is 5.32 Å². The van der Waals surface area contributed by atoms with Crippen LogP contribution in [-0.2, 0) is 21.7 Å². The molecule has 76 heavy (non-hydrogen) atoms. The van der Waals surface area contributed by atoms with Gasteiger partial charge in [-0.15, -0.1) is 11.8 Å². The third-order valence-corrected chi connectivity index (χ3v) is 18.7. The number of halogens is 2. The smallest absolute Gasteiger partial charge is 0.209 e. The number of fused-ring (bicyclic) bond motifs is 4. The van der Waals surface area contributed by atoms with E-state index in [2.05, 4.69) is 253 Å². The van der Waals surface area contributed by atoms with E-state index >= 15 is 0 Å². The Morgan fingerprint density at radius 2 is 0.908 bits per heavy atom. The number of hydrogen-bond donors (Lipinski definition) is 1. The van der Waals surface area contributed by atoms with Gasteiger partial charge in [0.2, 0.25) is 11.4 Å². The first-order chi connectivity index (χ1) is 35.6. The van der Waals surface area contributed by atoms with E-state index in [1.165, 1.54) is 101 Å². The number of hydrogen-bond acceptors (Lipinski definition) is 4. The van der Waals surface area contributed by atoms with Crippen molar-refractivity contribution in [3.8, 4) is 0 Å². The Bertz CT molecular complexity index is 3020. The van der Waals surface area contributed by atoms with E-state index in [9.17, 15) is 0 Å². The van der Waals surface area contributed by atoms with Gasteiger partial charge in [-0.3, -0.25) is 0 Å². The molecule has 0 bridgehead atoms. The first-order valence-electron chi connectivity index (χ1n) is 27.8. The lowest BCUT2D eigenvalue weighted by Crippen LogP contribution is -3.00. The van der Waals surface area contributed by atoms with Crippen LogP contribution < -0.4 is 39.9 Å². The second-order valence-corrected chi connectivity index (χ2v) is 24.1. The molecule has 4 heterocycles. The Morgan fingerprint density at radius 1 is 0.487 bits per heavy atom. The van der Waals surface area contributed by atoms with Gasteiger partial charge >= 0.3 is 0 Å². The summed E-state index contributed by atoms with van der Waals surface area (Å²) in [6, 6.07) is 35.9. The average Bonchev–Trinajstić information content (AvgIpc) is 4.19. The van der Waals surface area contributed by atoms with E-state index in [-0.39, 0.29) is 46.5 Å². The number of thioether (sulfide) groups is 1. The summed E-state index contributed by atoms with van der Waals surface area (Å²) >= 11 is 2.04. The molecule has 0 spiro atoms. The second kappa shape index (κ2) is 22.4. The largest absolute Gasteiger partial charge is 1.00 e. The van der Waals surface area contributed by atoms with Crippen LogP contribution in [0.2, 0.25) is 0 Å². The van der Waals surface area contributed by atoms with Crippen LogP contribution in [0.25, 0.3) is 0 Å². The molecule has 0 atom stereocenters. The molecule has 4 aliphatic heterocycles. The SMILES string of the molecule is CCN1/C(=C/C=C2\CCC(/C=C/C3=[N+](CC)c4ccccc4C3(C)C)=C2NCCSC2=C(/C=C/C3=[N+](CC)c4ccccc4C3(C)C)CC/C2=C\C=C2\N(CC)c3ccccc3C2(C)C)C(C)(C)c2ccccc21.[Cl-].[Cl-]. The molecule has 2 aliphatic carbocycles. The number of allylic oxidation sites excluding steroid dienone is 14. The highest BCUT2D eigenvalue weighted by molar-refractivity contribution is 8.03. The summed E-state index contributed by atoms with van der Waals surface area (Å²) in [6.07, 6.45) is 23.7. The van der Waals surface area contributed by atoms with E-state index in [0.29, 0.717) is 0 Å². The van der Waals surface area contributed by atoms with Gasteiger partial charge in [-0.1, -0.05) is 125 Å². The highest BCUT2D eigenvalue weighted by atomic mass is 35.5. The maximum atomic E-state index is 4.12. The Balaban J connectivity index is 0.00000383. The van der Waals surface area contributed by atoms with E-state index in [1.807, 2.05) is 11.8 Å². The van der Waals surface area contributed by atoms with Crippen LogP contribution in [0.4, 0.5) is 22.7 Å². The van der Waals surface area contributed by atoms with Gasteiger partial charge in [0.25, 0.3) is 0 Å². The van der Waals surface area contributed by atoms with Crippen LogP contribution in [0.15, 0.2) is 190 Å². The Labute approximate surface area is 473 Å². The van der Waals surface area contributed by atoms with Gasteiger partial charge in [0.05, 0.1) is 10.8 Å². The highest BCUT2D eigenvalue weighted by Gasteiger charge is 2.45. The quantitative estimate of drug-likeness (QED) is 0.0948. The molecule has 398 valence electrons. The molecule has 10 rings (SSSR count). The topological polar surface area (TPSA) is 24.5 Å². The molecule has 0 fully saturated rings. The zero-order valence-electron chi connectivity index (χ0n) is 47.4. The summed E-state index contributed by atoms with van der Waals surface area (Å²) in [5.74, 6) is 0.956. The molecule has 4 aromatic rings. The van der Waals surface area contributed by atoms with Crippen LogP contribution >= 0.6 is 11.8 Å². The average molecular weight is 1070 g/mol. The Morgan fingerprint density at radius 3 is 1.39 bits per heavy atom. The maximum absolute atomic E-state index is 4.12. The van der Waals surface area contributed by atoms with Crippen LogP contribution in [0.3, 0.4) is 0 Å². The van der Waals surface area contributed by atoms with Gasteiger partial charge in [-0.25, -0.2) is 0 Å². The minimum absolute atomic E-state index is 0. The summed E-state index contributed by atoms with van der Waals surface area (Å²) in [6.45, 7) is 32.9. The zero-order chi connectivity index (χ0) is 52.2. The number of rotatable bonds is 15. The van der Waals surface area contributed by atoms with Crippen LogP contribution in [0.5, 0.6) is 0 Å². The van der Waals surface area contributed by atoms with Crippen molar-refractivity contribution >= 4 is 45.9 Å². The number of para-hydroxylation sites is 4. The first-order valence-corrected chi connectivity index (χ1v) is 28.8. The van der Waals surface area contributed by atoms with E-state index in [1.54, 1.807) is 0 Å². The first kappa shape index (κ1) is 56.7. The Hall–Kier alpha value is -5.53. The van der Waals surface area contributed by atoms with Crippen molar-refractivity contribution in [2.45, 2.75) is 130 Å². The van der Waals surface area contributed by atoms with E-state index in [4.69, 9.17) is 0 Å². The number of nitrogens with one attached hydrogen (secondary N) is 1. The number of anilines is 2. The van der Waals surface area contributed by atoms with Crippen LogP contribution in [0, 0.1) is 0 Å². The lowest BCUT2D eigenvalue weighted by molar-refractivity contribution is -0.433. The Kier molecular flexibility index (Phi) is 16.7. The predicted octanol–water partition coefficient (Wildman–Crippen LogP) is 9.97. The molecule has 0 saturated heterocycles. The third kappa shape index (κ3) is 9.68. The summed E-state index contributed by atoms with van der Waals surface area (Å²) in [5, 5.41) is 4.12. The highest BCUT2D eigenvalue weighted by Crippen LogP contribution is 2.50. The molecule has 6 aliphatic rings. The number of likely N-dealkylation sites (N-methyl/N-ethyl adjacent to an activating group) is 2. The van der Waals surface area contributed by atoms with Crippen molar-refractivity contribution < 1.29 is 34.0 Å². The normalized spacial score (nSPS) is 21.8. The molecule has 5 nitrogen and oxygen atoms in total. The lowest BCUT2D eigenvalue weighted by atomic mass is 9.81. The van der Waals surface area contributed by atoms with Crippen LogP contribution in [0.1, 0.15) is 131 Å². The van der Waals surface area contributed by atoms with Crippen molar-refractivity contribution in [2.75, 3.05) is 48.3 Å². The molecule has 0 radical (unpaired) electrons. The zero-order valence-corrected chi connectivity index (χ0v) is 49.7. The summed E-state index contributed by atoms with van der Waals surface area (Å²) < 4.78 is 5.04. The molecule has 0 saturated carbocycles. The van der Waals surface area contributed by atoms with E-state index in [0.717, 1.165) is 64.2 Å². The monoisotopic (exact) mass is 1070 g/mol. The molecular weight excluding hydrogens is 990 g/mol. The van der Waals surface area contributed by atoms with Gasteiger partial charge in [0, 0.05) is 105 Å². The third-order valence-electron chi connectivity index (χ3n) is 17.4. The van der Waals surface area contributed by atoms with Gasteiger partial charge in [0.1, 0.15) is 13.1 Å². The minimum atomic E-state index is -0.0816. The molecule has 0 unspecified atom stereocenters. The van der Waals surface area contributed by atoms with E-state index < -0.39 is 0 Å². The molecule has 0 amide bonds. The van der Waals surface area contributed by atoms with Gasteiger partial charge in [0.15, 0.2) is 11.4 Å². The van der Waals surface area contributed by atoms with Gasteiger partial charge in [-0.05, 0) is 139 Å². The fraction of sp³-hybridized carbons (Fsp3) is 0.382. The fourth-order valence-corrected chi connectivity index (χ4v) is 14.6. The summed E-state index contributed by atoms with van der Waals surface area (Å²) in [7, 11) is 0. The molecule has 4 aromatic carbocycles. The lowest BCUT2D eigenvalue weighted by Gasteiger charge is -2.26. The fourth-order valence-electron chi connectivity index (χ4n) is 13.5. The predicted molar refractivity (Wildman–Crippen MR) is 318 cm³/mol. The molecular formula is C68H81Cl2N5S. The minimum Gasteiger partial charge on any atom is -1.00 e.